The molecule has 22 heavy (non-hydrogen) atoms. The zero-order chi connectivity index (χ0) is 15.8. The van der Waals surface area contributed by atoms with E-state index in [1.807, 2.05) is 29.6 Å². The minimum Gasteiger partial charge on any atom is -0.467 e. The monoisotopic (exact) mass is 320 g/mol. The van der Waals surface area contributed by atoms with E-state index in [2.05, 4.69) is 15.6 Å². The molecule has 0 fully saturated rings. The van der Waals surface area contributed by atoms with Gasteiger partial charge in [0.25, 0.3) is 0 Å². The molecule has 2 aromatic heterocycles. The SMILES string of the molecule is CN(C)C(=O)CN=C(NCc1ccco1)NCc1cccs1. The number of nitrogens with zero attached hydrogens (tertiary/aromatic N) is 2. The lowest BCUT2D eigenvalue weighted by atomic mass is 10.4. The molecule has 0 aliphatic heterocycles. The van der Waals surface area contributed by atoms with Crippen LogP contribution in [-0.4, -0.2) is 37.4 Å². The first-order valence-corrected chi connectivity index (χ1v) is 7.80. The molecule has 0 unspecified atom stereocenters. The average Bonchev–Trinajstić information content (AvgIpc) is 3.19. The highest BCUT2D eigenvalue weighted by molar-refractivity contribution is 7.09. The Kier molecular flexibility index (Phi) is 6.02. The van der Waals surface area contributed by atoms with Crippen molar-refractivity contribution in [1.29, 1.82) is 0 Å². The first-order valence-electron chi connectivity index (χ1n) is 6.92. The maximum Gasteiger partial charge on any atom is 0.243 e. The number of rotatable bonds is 6. The van der Waals surface area contributed by atoms with E-state index in [0.717, 1.165) is 5.76 Å². The van der Waals surface area contributed by atoms with Gasteiger partial charge in [0.05, 0.1) is 19.4 Å². The lowest BCUT2D eigenvalue weighted by Crippen LogP contribution is -2.37. The van der Waals surface area contributed by atoms with Crippen LogP contribution in [0.5, 0.6) is 0 Å². The van der Waals surface area contributed by atoms with Gasteiger partial charge in [0.15, 0.2) is 5.96 Å². The second-order valence-electron chi connectivity index (χ2n) is 4.82. The molecule has 0 aliphatic rings. The number of amides is 1. The lowest BCUT2D eigenvalue weighted by molar-refractivity contribution is -0.127. The number of likely N-dealkylation sites (N-methyl/N-ethyl adjacent to an activating group) is 1. The van der Waals surface area contributed by atoms with Gasteiger partial charge in [-0.25, -0.2) is 4.99 Å². The Morgan fingerprint density at radius 2 is 2.09 bits per heavy atom. The van der Waals surface area contributed by atoms with Crippen molar-refractivity contribution in [2.75, 3.05) is 20.6 Å². The summed E-state index contributed by atoms with van der Waals surface area (Å²) in [6, 6.07) is 7.77. The molecule has 2 heterocycles. The fourth-order valence-corrected chi connectivity index (χ4v) is 2.27. The highest BCUT2D eigenvalue weighted by atomic mass is 32.1. The van der Waals surface area contributed by atoms with E-state index in [-0.39, 0.29) is 12.5 Å². The van der Waals surface area contributed by atoms with Crippen LogP contribution in [0.3, 0.4) is 0 Å². The van der Waals surface area contributed by atoms with E-state index in [1.165, 1.54) is 9.78 Å². The number of carbonyl (C=O) groups is 1. The van der Waals surface area contributed by atoms with E-state index < -0.39 is 0 Å². The van der Waals surface area contributed by atoms with Crippen molar-refractivity contribution in [3.05, 3.63) is 46.5 Å². The van der Waals surface area contributed by atoms with Crippen molar-refractivity contribution in [3.8, 4) is 0 Å². The minimum absolute atomic E-state index is 0.0461. The van der Waals surface area contributed by atoms with Gasteiger partial charge in [-0.05, 0) is 23.6 Å². The molecule has 0 radical (unpaired) electrons. The molecule has 0 bridgehead atoms. The van der Waals surface area contributed by atoms with Crippen LogP contribution in [0.15, 0.2) is 45.3 Å². The first kappa shape index (κ1) is 16.1. The maximum absolute atomic E-state index is 11.7. The molecule has 2 N–H and O–H groups in total. The Morgan fingerprint density at radius 3 is 2.73 bits per heavy atom. The van der Waals surface area contributed by atoms with Gasteiger partial charge in [-0.15, -0.1) is 11.3 Å². The van der Waals surface area contributed by atoms with Crippen molar-refractivity contribution in [2.45, 2.75) is 13.1 Å². The second kappa shape index (κ2) is 8.23. The van der Waals surface area contributed by atoms with Crippen molar-refractivity contribution in [2.24, 2.45) is 4.99 Å². The Balaban J connectivity index is 1.92. The number of carbonyl (C=O) groups excluding carboxylic acids is 1. The zero-order valence-electron chi connectivity index (χ0n) is 12.7. The van der Waals surface area contributed by atoms with Crippen LogP contribution in [0.2, 0.25) is 0 Å². The molecular weight excluding hydrogens is 300 g/mol. The van der Waals surface area contributed by atoms with Crippen LogP contribution in [0.4, 0.5) is 0 Å². The van der Waals surface area contributed by atoms with Crippen molar-refractivity contribution in [1.82, 2.24) is 15.5 Å². The minimum atomic E-state index is -0.0461. The van der Waals surface area contributed by atoms with Gasteiger partial charge in [-0.1, -0.05) is 6.07 Å². The average molecular weight is 320 g/mol. The predicted molar refractivity (Wildman–Crippen MR) is 87.7 cm³/mol. The Hall–Kier alpha value is -2.28. The van der Waals surface area contributed by atoms with Gasteiger partial charge in [0, 0.05) is 19.0 Å². The normalized spacial score (nSPS) is 11.3. The number of aliphatic imine (C=N–C) groups is 1. The van der Waals surface area contributed by atoms with Crippen LogP contribution in [0, 0.1) is 0 Å². The van der Waals surface area contributed by atoms with Crippen molar-refractivity contribution >= 4 is 23.2 Å². The summed E-state index contributed by atoms with van der Waals surface area (Å²) in [5.41, 5.74) is 0. The molecule has 0 saturated carbocycles. The molecule has 118 valence electrons. The summed E-state index contributed by atoms with van der Waals surface area (Å²) in [4.78, 5) is 18.7. The van der Waals surface area contributed by atoms with Crippen molar-refractivity contribution < 1.29 is 9.21 Å². The van der Waals surface area contributed by atoms with E-state index in [4.69, 9.17) is 4.42 Å². The van der Waals surface area contributed by atoms with Gasteiger partial charge in [0.2, 0.25) is 5.91 Å². The standard InChI is InChI=1S/C15H20N4O2S/c1-19(2)14(20)11-18-15(16-9-12-5-3-7-21-12)17-10-13-6-4-8-22-13/h3-8H,9-11H2,1-2H3,(H2,16,17,18). The molecule has 2 aromatic rings. The van der Waals surface area contributed by atoms with Crippen LogP contribution in [0.1, 0.15) is 10.6 Å². The third kappa shape index (κ3) is 5.25. The summed E-state index contributed by atoms with van der Waals surface area (Å²) in [6.07, 6.45) is 1.63. The highest BCUT2D eigenvalue weighted by Crippen LogP contribution is 2.07. The molecule has 0 saturated heterocycles. The number of furan rings is 1. The van der Waals surface area contributed by atoms with Crippen molar-refractivity contribution in [3.63, 3.8) is 0 Å². The molecule has 6 nitrogen and oxygen atoms in total. The Labute approximate surface area is 133 Å². The second-order valence-corrected chi connectivity index (χ2v) is 5.85. The largest absolute Gasteiger partial charge is 0.467 e. The van der Waals surface area contributed by atoms with Gasteiger partial charge in [-0.2, -0.15) is 0 Å². The summed E-state index contributed by atoms with van der Waals surface area (Å²) in [6.45, 7) is 1.28. The molecule has 0 atom stereocenters. The van der Waals surface area contributed by atoms with E-state index in [9.17, 15) is 4.79 Å². The summed E-state index contributed by atoms with van der Waals surface area (Å²) < 4.78 is 5.28. The summed E-state index contributed by atoms with van der Waals surface area (Å²) in [5, 5.41) is 8.40. The van der Waals surface area contributed by atoms with Crippen LogP contribution < -0.4 is 10.6 Å². The molecule has 1 amide bonds. The Bertz CT molecular complexity index is 551. The topological polar surface area (TPSA) is 69.9 Å². The molecular formula is C15H20N4O2S. The smallest absolute Gasteiger partial charge is 0.243 e. The summed E-state index contributed by atoms with van der Waals surface area (Å²) >= 11 is 1.67. The maximum atomic E-state index is 11.7. The number of guanidine groups is 1. The van der Waals surface area contributed by atoms with E-state index in [1.54, 1.807) is 31.7 Å². The van der Waals surface area contributed by atoms with Gasteiger partial charge >= 0.3 is 0 Å². The third-order valence-electron chi connectivity index (χ3n) is 2.89. The van der Waals surface area contributed by atoms with Crippen LogP contribution in [-0.2, 0) is 17.9 Å². The molecule has 0 spiro atoms. The number of thiophene rings is 1. The fraction of sp³-hybridized carbons (Fsp3) is 0.333. The lowest BCUT2D eigenvalue weighted by Gasteiger charge is -2.12. The molecule has 0 aromatic carbocycles. The number of hydrogen-bond acceptors (Lipinski definition) is 4. The molecule has 2 rings (SSSR count). The van der Waals surface area contributed by atoms with Gasteiger partial charge in [0.1, 0.15) is 12.3 Å². The van der Waals surface area contributed by atoms with Crippen LogP contribution in [0.25, 0.3) is 0 Å². The number of nitrogens with one attached hydrogen (secondary N) is 2. The third-order valence-corrected chi connectivity index (χ3v) is 3.77. The van der Waals surface area contributed by atoms with Gasteiger partial charge < -0.3 is 20.0 Å². The molecule has 0 aliphatic carbocycles. The van der Waals surface area contributed by atoms with Gasteiger partial charge in [-0.3, -0.25) is 4.79 Å². The quantitative estimate of drug-likeness (QED) is 0.627. The van der Waals surface area contributed by atoms with Crippen LogP contribution >= 0.6 is 11.3 Å². The highest BCUT2D eigenvalue weighted by Gasteiger charge is 2.05. The fourth-order valence-electron chi connectivity index (χ4n) is 1.63. The van der Waals surface area contributed by atoms with E-state index >= 15 is 0 Å². The molecule has 7 heteroatoms. The first-order chi connectivity index (χ1) is 10.6. The summed E-state index contributed by atoms with van der Waals surface area (Å²) in [7, 11) is 3.43. The van der Waals surface area contributed by atoms with E-state index in [0.29, 0.717) is 19.0 Å². The number of hydrogen-bond donors (Lipinski definition) is 2. The zero-order valence-corrected chi connectivity index (χ0v) is 13.5. The predicted octanol–water partition coefficient (Wildman–Crippen LogP) is 1.66. The summed E-state index contributed by atoms with van der Waals surface area (Å²) in [5.74, 6) is 1.35. The Morgan fingerprint density at radius 1 is 1.27 bits per heavy atom.